The van der Waals surface area contributed by atoms with Gasteiger partial charge in [-0.25, -0.2) is 4.39 Å². The fourth-order valence-electron chi connectivity index (χ4n) is 1.05. The van der Waals surface area contributed by atoms with Crippen LogP contribution in [0.2, 0.25) is 0 Å². The first-order valence-corrected chi connectivity index (χ1v) is 4.74. The number of hydrogen-bond acceptors (Lipinski definition) is 2. The number of hydrogen-bond donors (Lipinski definition) is 0. The first-order valence-electron chi connectivity index (χ1n) is 4.74. The zero-order chi connectivity index (χ0) is 11.1. The highest BCUT2D eigenvalue weighted by molar-refractivity contribution is 5.87. The number of rotatable bonds is 5. The highest BCUT2D eigenvalue weighted by atomic mass is 19.1. The van der Waals surface area contributed by atoms with Crippen molar-refractivity contribution in [2.24, 2.45) is 0 Å². The van der Waals surface area contributed by atoms with E-state index in [9.17, 15) is 9.18 Å². The minimum atomic E-state index is -0.313. The third-order valence-corrected chi connectivity index (χ3v) is 1.70. The Bertz CT molecular complexity index is 358. The summed E-state index contributed by atoms with van der Waals surface area (Å²) in [4.78, 5) is 10.5. The molecule has 0 atom stereocenters. The molecule has 0 heterocycles. The van der Waals surface area contributed by atoms with Gasteiger partial charge in [-0.15, -0.1) is 0 Å². The van der Waals surface area contributed by atoms with Crippen molar-refractivity contribution in [3.63, 3.8) is 0 Å². The summed E-state index contributed by atoms with van der Waals surface area (Å²) >= 11 is 0. The summed E-state index contributed by atoms with van der Waals surface area (Å²) in [5.41, 5.74) is 0. The summed E-state index contributed by atoms with van der Waals surface area (Å²) in [6, 6.07) is 5.98. The molecule has 0 aliphatic rings. The van der Waals surface area contributed by atoms with Crippen LogP contribution in [0, 0.1) is 5.82 Å². The van der Waals surface area contributed by atoms with Crippen LogP contribution in [0.1, 0.15) is 13.3 Å². The van der Waals surface area contributed by atoms with Gasteiger partial charge < -0.3 is 4.74 Å². The minimum Gasteiger partial charge on any atom is -0.493 e. The highest BCUT2D eigenvalue weighted by Crippen LogP contribution is 2.11. The molecule has 0 fully saturated rings. The predicted octanol–water partition coefficient (Wildman–Crippen LogP) is 2.74. The molecule has 0 spiro atoms. The average Bonchev–Trinajstić information content (AvgIpc) is 2.17. The second-order valence-corrected chi connectivity index (χ2v) is 3.11. The fourth-order valence-corrected chi connectivity index (χ4v) is 1.05. The molecule has 0 radical (unpaired) electrons. The normalized spacial score (nSPS) is 10.5. The maximum atomic E-state index is 12.7. The Hall–Kier alpha value is -1.64. The Morgan fingerprint density at radius 2 is 2.33 bits per heavy atom. The van der Waals surface area contributed by atoms with E-state index in [0.717, 1.165) is 0 Å². The second kappa shape index (κ2) is 5.96. The van der Waals surface area contributed by atoms with Crippen LogP contribution >= 0.6 is 0 Å². The van der Waals surface area contributed by atoms with Gasteiger partial charge >= 0.3 is 0 Å². The first kappa shape index (κ1) is 11.4. The van der Waals surface area contributed by atoms with Crippen molar-refractivity contribution in [3.05, 3.63) is 42.2 Å². The van der Waals surface area contributed by atoms with E-state index in [0.29, 0.717) is 18.8 Å². The molecule has 0 saturated carbocycles. The van der Waals surface area contributed by atoms with Crippen molar-refractivity contribution in [3.8, 4) is 5.75 Å². The van der Waals surface area contributed by atoms with Gasteiger partial charge in [0.25, 0.3) is 0 Å². The maximum Gasteiger partial charge on any atom is 0.152 e. The molecular weight excluding hydrogens is 195 g/mol. The Morgan fingerprint density at radius 3 is 3.00 bits per heavy atom. The molecule has 0 saturated heterocycles. The Morgan fingerprint density at radius 1 is 1.53 bits per heavy atom. The minimum absolute atomic E-state index is 0.0146. The van der Waals surface area contributed by atoms with E-state index in [2.05, 4.69) is 0 Å². The predicted molar refractivity (Wildman–Crippen MR) is 56.3 cm³/mol. The summed E-state index contributed by atoms with van der Waals surface area (Å²) in [6.07, 6.45) is 3.87. The van der Waals surface area contributed by atoms with Crippen LogP contribution in [0.15, 0.2) is 36.4 Å². The summed E-state index contributed by atoms with van der Waals surface area (Å²) in [5.74, 6) is 0.207. The van der Waals surface area contributed by atoms with E-state index >= 15 is 0 Å². The van der Waals surface area contributed by atoms with Crippen molar-refractivity contribution < 1.29 is 13.9 Å². The van der Waals surface area contributed by atoms with Gasteiger partial charge in [0.1, 0.15) is 11.6 Å². The largest absolute Gasteiger partial charge is 0.493 e. The molecule has 1 aromatic rings. The third-order valence-electron chi connectivity index (χ3n) is 1.70. The summed E-state index contributed by atoms with van der Waals surface area (Å²) < 4.78 is 18.0. The quantitative estimate of drug-likeness (QED) is 0.549. The summed E-state index contributed by atoms with van der Waals surface area (Å²) in [5, 5.41) is 0. The zero-order valence-electron chi connectivity index (χ0n) is 8.57. The number of benzene rings is 1. The molecule has 0 aliphatic heterocycles. The van der Waals surface area contributed by atoms with Gasteiger partial charge in [0.15, 0.2) is 5.78 Å². The Labute approximate surface area is 88.4 Å². The van der Waals surface area contributed by atoms with Crippen LogP contribution in [0.3, 0.4) is 0 Å². The van der Waals surface area contributed by atoms with Crippen molar-refractivity contribution in [1.29, 1.82) is 0 Å². The molecule has 2 nitrogen and oxygen atoms in total. The lowest BCUT2D eigenvalue weighted by molar-refractivity contribution is -0.112. The van der Waals surface area contributed by atoms with E-state index in [-0.39, 0.29) is 11.6 Å². The maximum absolute atomic E-state index is 12.7. The topological polar surface area (TPSA) is 26.3 Å². The van der Waals surface area contributed by atoms with Crippen LogP contribution in [-0.2, 0) is 4.79 Å². The van der Waals surface area contributed by atoms with Gasteiger partial charge in [-0.1, -0.05) is 12.1 Å². The van der Waals surface area contributed by atoms with E-state index in [1.54, 1.807) is 18.2 Å². The Kier molecular flexibility index (Phi) is 4.54. The van der Waals surface area contributed by atoms with Gasteiger partial charge in [0.2, 0.25) is 0 Å². The lowest BCUT2D eigenvalue weighted by Gasteiger charge is -2.03. The van der Waals surface area contributed by atoms with Crippen LogP contribution in [0.25, 0.3) is 0 Å². The van der Waals surface area contributed by atoms with Crippen molar-refractivity contribution in [2.75, 3.05) is 6.61 Å². The van der Waals surface area contributed by atoms with Gasteiger partial charge in [-0.3, -0.25) is 4.79 Å². The molecule has 1 rings (SSSR count). The smallest absolute Gasteiger partial charge is 0.152 e. The molecule has 0 aliphatic carbocycles. The molecular formula is C12H13FO2. The highest BCUT2D eigenvalue weighted by Gasteiger charge is 1.94. The summed E-state index contributed by atoms with van der Waals surface area (Å²) in [7, 11) is 0. The number of allylic oxidation sites excluding steroid dienone is 1. The van der Waals surface area contributed by atoms with Crippen LogP contribution in [-0.4, -0.2) is 12.4 Å². The number of carbonyl (C=O) groups excluding carboxylic acids is 1. The van der Waals surface area contributed by atoms with E-state index in [1.165, 1.54) is 25.1 Å². The monoisotopic (exact) mass is 208 g/mol. The van der Waals surface area contributed by atoms with Gasteiger partial charge in [-0.2, -0.15) is 0 Å². The van der Waals surface area contributed by atoms with E-state index in [1.807, 2.05) is 0 Å². The van der Waals surface area contributed by atoms with Crippen molar-refractivity contribution in [2.45, 2.75) is 13.3 Å². The van der Waals surface area contributed by atoms with Crippen LogP contribution < -0.4 is 4.74 Å². The second-order valence-electron chi connectivity index (χ2n) is 3.11. The molecule has 3 heteroatoms. The van der Waals surface area contributed by atoms with Crippen molar-refractivity contribution >= 4 is 5.78 Å². The first-order chi connectivity index (χ1) is 7.18. The molecule has 0 unspecified atom stereocenters. The number of carbonyl (C=O) groups is 1. The van der Waals surface area contributed by atoms with Crippen LogP contribution in [0.5, 0.6) is 5.75 Å². The lowest BCUT2D eigenvalue weighted by atomic mass is 10.3. The zero-order valence-corrected chi connectivity index (χ0v) is 8.57. The standard InChI is InChI=1S/C12H13FO2/c1-10(14)5-2-3-8-15-12-7-4-6-11(13)9-12/h2,4-7,9H,3,8H2,1H3/b5-2+. The third kappa shape index (κ3) is 4.96. The molecule has 0 bridgehead atoms. The fraction of sp³-hybridized carbons (Fsp3) is 0.250. The summed E-state index contributed by atoms with van der Waals surface area (Å²) in [6.45, 7) is 1.93. The number of halogens is 1. The van der Waals surface area contributed by atoms with Gasteiger partial charge in [0.05, 0.1) is 6.61 Å². The number of ether oxygens (including phenoxy) is 1. The Balaban J connectivity index is 2.29. The molecule has 15 heavy (non-hydrogen) atoms. The molecule has 1 aromatic carbocycles. The van der Waals surface area contributed by atoms with Crippen LogP contribution in [0.4, 0.5) is 4.39 Å². The van der Waals surface area contributed by atoms with E-state index in [4.69, 9.17) is 4.74 Å². The van der Waals surface area contributed by atoms with E-state index < -0.39 is 0 Å². The average molecular weight is 208 g/mol. The molecule has 0 aromatic heterocycles. The van der Waals surface area contributed by atoms with Gasteiger partial charge in [0, 0.05) is 6.07 Å². The molecule has 80 valence electrons. The van der Waals surface area contributed by atoms with Crippen molar-refractivity contribution in [1.82, 2.24) is 0 Å². The molecule has 0 amide bonds. The SMILES string of the molecule is CC(=O)/C=C/CCOc1cccc(F)c1. The number of ketones is 1. The van der Waals surface area contributed by atoms with Gasteiger partial charge in [-0.05, 0) is 31.6 Å². The lowest BCUT2D eigenvalue weighted by Crippen LogP contribution is -1.96. The molecule has 0 N–H and O–H groups in total.